The van der Waals surface area contributed by atoms with Crippen molar-refractivity contribution in [3.05, 3.63) is 70.8 Å². The zero-order chi connectivity index (χ0) is 25.0. The van der Waals surface area contributed by atoms with Crippen LogP contribution in [0.15, 0.2) is 48.5 Å². The molecule has 1 aliphatic rings. The second kappa shape index (κ2) is 14.8. The number of benzene rings is 2. The maximum Gasteiger partial charge on any atom is 0.0320 e. The summed E-state index contributed by atoms with van der Waals surface area (Å²) in [6.45, 7) is 14.7. The predicted octanol–water partition coefficient (Wildman–Crippen LogP) is 7.04. The average Bonchev–Trinajstić information content (AvgIpc) is 2.88. The van der Waals surface area contributed by atoms with Gasteiger partial charge in [0.25, 0.3) is 0 Å². The van der Waals surface area contributed by atoms with Gasteiger partial charge in [0.15, 0.2) is 0 Å². The van der Waals surface area contributed by atoms with Crippen molar-refractivity contribution >= 4 is 0 Å². The van der Waals surface area contributed by atoms with Crippen LogP contribution >= 0.6 is 0 Å². The lowest BCUT2D eigenvalue weighted by Crippen LogP contribution is -2.38. The highest BCUT2D eigenvalue weighted by Gasteiger charge is 2.20. The van der Waals surface area contributed by atoms with Crippen LogP contribution in [-0.2, 0) is 6.42 Å². The normalized spacial score (nSPS) is 16.3. The van der Waals surface area contributed by atoms with E-state index >= 15 is 0 Å². The standard InChI is InChI=1S/C32H51N3/c1-25(2)29-12-10-27(11-13-29)8-5-6-9-32(31-16-14-30(15-17-31)26(3)4)34-24-28-18-22-35(23-19-28)21-7-20-33/h10-17,25-26,28,32,34H,5-9,18-24,33H2,1-4H3. The lowest BCUT2D eigenvalue weighted by atomic mass is 9.93. The molecule has 1 saturated heterocycles. The minimum absolute atomic E-state index is 0.454. The molecule has 3 nitrogen and oxygen atoms in total. The minimum Gasteiger partial charge on any atom is -0.330 e. The number of likely N-dealkylation sites (tertiary alicyclic amines) is 1. The first kappa shape index (κ1) is 27.9. The molecule has 0 amide bonds. The summed E-state index contributed by atoms with van der Waals surface area (Å²) in [6.07, 6.45) is 8.64. The van der Waals surface area contributed by atoms with E-state index in [1.807, 2.05) is 0 Å². The van der Waals surface area contributed by atoms with Crippen LogP contribution in [-0.4, -0.2) is 37.6 Å². The molecule has 1 atom stereocenters. The van der Waals surface area contributed by atoms with Gasteiger partial charge in [0, 0.05) is 6.04 Å². The highest BCUT2D eigenvalue weighted by Crippen LogP contribution is 2.25. The third-order valence-electron chi connectivity index (χ3n) is 7.90. The third kappa shape index (κ3) is 9.37. The molecule has 1 unspecified atom stereocenters. The molecular formula is C32H51N3. The summed E-state index contributed by atoms with van der Waals surface area (Å²) in [6, 6.07) is 19.1. The molecular weight excluding hydrogens is 426 g/mol. The van der Waals surface area contributed by atoms with E-state index in [0.29, 0.717) is 17.9 Å². The van der Waals surface area contributed by atoms with Gasteiger partial charge in [-0.2, -0.15) is 0 Å². The van der Waals surface area contributed by atoms with Crippen molar-refractivity contribution in [3.63, 3.8) is 0 Å². The Labute approximate surface area is 215 Å². The summed E-state index contributed by atoms with van der Waals surface area (Å²) < 4.78 is 0. The van der Waals surface area contributed by atoms with E-state index in [1.165, 1.54) is 80.4 Å². The minimum atomic E-state index is 0.454. The van der Waals surface area contributed by atoms with Gasteiger partial charge in [-0.3, -0.25) is 0 Å². The maximum absolute atomic E-state index is 5.70. The quantitative estimate of drug-likeness (QED) is 0.287. The van der Waals surface area contributed by atoms with E-state index in [2.05, 4.69) is 86.4 Å². The molecule has 1 heterocycles. The maximum atomic E-state index is 5.70. The van der Waals surface area contributed by atoms with Gasteiger partial charge >= 0.3 is 0 Å². The molecule has 0 radical (unpaired) electrons. The molecule has 0 spiro atoms. The van der Waals surface area contributed by atoms with Gasteiger partial charge in [-0.1, -0.05) is 82.6 Å². The molecule has 1 aliphatic heterocycles. The summed E-state index contributed by atoms with van der Waals surface area (Å²) in [5.41, 5.74) is 11.5. The topological polar surface area (TPSA) is 41.3 Å². The lowest BCUT2D eigenvalue weighted by molar-refractivity contribution is 0.178. The fraction of sp³-hybridized carbons (Fsp3) is 0.625. The second-order valence-electron chi connectivity index (χ2n) is 11.4. The van der Waals surface area contributed by atoms with E-state index in [9.17, 15) is 0 Å². The van der Waals surface area contributed by atoms with Crippen LogP contribution in [0.2, 0.25) is 0 Å². The van der Waals surface area contributed by atoms with Crippen molar-refractivity contribution in [3.8, 4) is 0 Å². The summed E-state index contributed by atoms with van der Waals surface area (Å²) in [4.78, 5) is 2.60. The predicted molar refractivity (Wildman–Crippen MR) is 152 cm³/mol. The molecule has 0 saturated carbocycles. The zero-order valence-electron chi connectivity index (χ0n) is 22.9. The molecule has 1 fully saturated rings. The Hall–Kier alpha value is -1.68. The van der Waals surface area contributed by atoms with Gasteiger partial charge < -0.3 is 16.0 Å². The SMILES string of the molecule is CC(C)c1ccc(CCCCC(NCC2CCN(CCCN)CC2)c2ccc(C(C)C)cc2)cc1. The van der Waals surface area contributed by atoms with Gasteiger partial charge in [0.05, 0.1) is 0 Å². The van der Waals surface area contributed by atoms with Gasteiger partial charge in [-0.05, 0) is 111 Å². The molecule has 3 N–H and O–H groups in total. The molecule has 3 rings (SSSR count). The number of hydrogen-bond donors (Lipinski definition) is 2. The molecule has 35 heavy (non-hydrogen) atoms. The fourth-order valence-corrected chi connectivity index (χ4v) is 5.28. The van der Waals surface area contributed by atoms with Crippen LogP contribution in [0.5, 0.6) is 0 Å². The van der Waals surface area contributed by atoms with Crippen molar-refractivity contribution in [2.24, 2.45) is 11.7 Å². The van der Waals surface area contributed by atoms with Gasteiger partial charge in [-0.25, -0.2) is 0 Å². The van der Waals surface area contributed by atoms with Crippen LogP contribution in [0.4, 0.5) is 0 Å². The molecule has 194 valence electrons. The highest BCUT2D eigenvalue weighted by atomic mass is 15.1. The molecule has 3 heteroatoms. The number of rotatable bonds is 14. The summed E-state index contributed by atoms with van der Waals surface area (Å²) in [5.74, 6) is 1.99. The number of hydrogen-bond acceptors (Lipinski definition) is 3. The van der Waals surface area contributed by atoms with Crippen molar-refractivity contribution in [2.45, 2.75) is 90.5 Å². The van der Waals surface area contributed by atoms with Crippen molar-refractivity contribution < 1.29 is 0 Å². The summed E-state index contributed by atoms with van der Waals surface area (Å²) >= 11 is 0. The highest BCUT2D eigenvalue weighted by molar-refractivity contribution is 5.27. The van der Waals surface area contributed by atoms with Crippen molar-refractivity contribution in [1.29, 1.82) is 0 Å². The van der Waals surface area contributed by atoms with Gasteiger partial charge in [-0.15, -0.1) is 0 Å². The Morgan fingerprint density at radius 3 is 1.94 bits per heavy atom. The molecule has 2 aromatic carbocycles. The molecule has 0 aliphatic carbocycles. The van der Waals surface area contributed by atoms with E-state index < -0.39 is 0 Å². The summed E-state index contributed by atoms with van der Waals surface area (Å²) in [5, 5.41) is 3.99. The number of nitrogens with one attached hydrogen (secondary N) is 1. The van der Waals surface area contributed by atoms with Crippen LogP contribution in [0.1, 0.15) is 106 Å². The first-order valence-electron chi connectivity index (χ1n) is 14.3. The number of nitrogens with two attached hydrogens (primary N) is 1. The Morgan fingerprint density at radius 2 is 1.37 bits per heavy atom. The third-order valence-corrected chi connectivity index (χ3v) is 7.90. The smallest absolute Gasteiger partial charge is 0.0320 e. The fourth-order valence-electron chi connectivity index (χ4n) is 5.28. The van der Waals surface area contributed by atoms with Crippen LogP contribution < -0.4 is 11.1 Å². The monoisotopic (exact) mass is 477 g/mol. The average molecular weight is 478 g/mol. The first-order valence-corrected chi connectivity index (χ1v) is 14.3. The summed E-state index contributed by atoms with van der Waals surface area (Å²) in [7, 11) is 0. The Morgan fingerprint density at radius 1 is 0.800 bits per heavy atom. The van der Waals surface area contributed by atoms with E-state index in [1.54, 1.807) is 0 Å². The molecule has 2 aromatic rings. The van der Waals surface area contributed by atoms with E-state index in [4.69, 9.17) is 5.73 Å². The van der Waals surface area contributed by atoms with E-state index in [-0.39, 0.29) is 0 Å². The van der Waals surface area contributed by atoms with Gasteiger partial charge in [0.1, 0.15) is 0 Å². The Bertz CT molecular complexity index is 817. The number of nitrogens with zero attached hydrogens (tertiary/aromatic N) is 1. The molecule has 0 aromatic heterocycles. The Kier molecular flexibility index (Phi) is 11.8. The van der Waals surface area contributed by atoms with Crippen LogP contribution in [0, 0.1) is 5.92 Å². The first-order chi connectivity index (χ1) is 17.0. The number of piperidine rings is 1. The van der Waals surface area contributed by atoms with Crippen LogP contribution in [0.25, 0.3) is 0 Å². The largest absolute Gasteiger partial charge is 0.330 e. The van der Waals surface area contributed by atoms with E-state index in [0.717, 1.165) is 25.4 Å². The Balaban J connectivity index is 1.51. The van der Waals surface area contributed by atoms with Crippen LogP contribution in [0.3, 0.4) is 0 Å². The zero-order valence-corrected chi connectivity index (χ0v) is 22.9. The molecule has 0 bridgehead atoms. The number of unbranched alkanes of at least 4 members (excludes halogenated alkanes) is 1. The lowest BCUT2D eigenvalue weighted by Gasteiger charge is -2.33. The van der Waals surface area contributed by atoms with Gasteiger partial charge in [0.2, 0.25) is 0 Å². The van der Waals surface area contributed by atoms with Crippen molar-refractivity contribution in [2.75, 3.05) is 32.7 Å². The second-order valence-corrected chi connectivity index (χ2v) is 11.4. The number of aryl methyl sites for hydroxylation is 1. The van der Waals surface area contributed by atoms with Crippen molar-refractivity contribution in [1.82, 2.24) is 10.2 Å².